The first-order valence-electron chi connectivity index (χ1n) is 9.13. The second kappa shape index (κ2) is 10.6. The highest BCUT2D eigenvalue weighted by Gasteiger charge is 2.15. The Labute approximate surface area is 131 Å². The summed E-state index contributed by atoms with van der Waals surface area (Å²) in [6, 6.07) is 0. The van der Waals surface area contributed by atoms with Crippen molar-refractivity contribution in [1.29, 1.82) is 0 Å². The van der Waals surface area contributed by atoms with Gasteiger partial charge in [0.2, 0.25) is 0 Å². The van der Waals surface area contributed by atoms with E-state index in [1.807, 2.05) is 0 Å². The van der Waals surface area contributed by atoms with E-state index >= 15 is 0 Å². The van der Waals surface area contributed by atoms with Gasteiger partial charge in [-0.25, -0.2) is 0 Å². The highest BCUT2D eigenvalue weighted by Crippen LogP contribution is 2.21. The van der Waals surface area contributed by atoms with Crippen molar-refractivity contribution in [3.05, 3.63) is 6.92 Å². The van der Waals surface area contributed by atoms with Crippen LogP contribution in [0.2, 0.25) is 0 Å². The minimum absolute atomic E-state index is 0.518. The second-order valence-corrected chi connectivity index (χ2v) is 6.60. The van der Waals surface area contributed by atoms with E-state index < -0.39 is 0 Å². The highest BCUT2D eigenvalue weighted by molar-refractivity contribution is 4.67. The number of rotatable bonds is 9. The summed E-state index contributed by atoms with van der Waals surface area (Å²) in [5.41, 5.74) is 0. The summed E-state index contributed by atoms with van der Waals surface area (Å²) >= 11 is 0. The van der Waals surface area contributed by atoms with E-state index in [9.17, 15) is 0 Å². The van der Waals surface area contributed by atoms with Gasteiger partial charge in [-0.1, -0.05) is 38.5 Å². The third kappa shape index (κ3) is 7.12. The van der Waals surface area contributed by atoms with E-state index in [-0.39, 0.29) is 0 Å². The minimum Gasteiger partial charge on any atom is -0.377 e. The van der Waals surface area contributed by atoms with Crippen molar-refractivity contribution in [2.45, 2.75) is 76.4 Å². The quantitative estimate of drug-likeness (QED) is 0.645. The highest BCUT2D eigenvalue weighted by atomic mass is 16.5. The lowest BCUT2D eigenvalue weighted by molar-refractivity contribution is -0.000758. The van der Waals surface area contributed by atoms with Crippen molar-refractivity contribution < 1.29 is 9.47 Å². The predicted molar refractivity (Wildman–Crippen MR) is 87.4 cm³/mol. The molecule has 0 aliphatic heterocycles. The van der Waals surface area contributed by atoms with Crippen LogP contribution in [0.4, 0.5) is 0 Å². The Morgan fingerprint density at radius 3 is 1.52 bits per heavy atom. The van der Waals surface area contributed by atoms with Gasteiger partial charge in [0, 0.05) is 13.1 Å². The molecule has 0 amide bonds. The molecule has 0 heterocycles. The number of nitrogens with zero attached hydrogens (tertiary/aromatic N) is 1. The number of hydrogen-bond acceptors (Lipinski definition) is 3. The zero-order valence-corrected chi connectivity index (χ0v) is 13.7. The molecule has 0 spiro atoms. The van der Waals surface area contributed by atoms with Gasteiger partial charge in [-0.15, -0.1) is 0 Å². The lowest BCUT2D eigenvalue weighted by atomic mass is 9.98. The summed E-state index contributed by atoms with van der Waals surface area (Å²) in [6.07, 6.45) is 14.2. The van der Waals surface area contributed by atoms with Gasteiger partial charge in [0.1, 0.15) is 0 Å². The van der Waals surface area contributed by atoms with Gasteiger partial charge in [0.25, 0.3) is 0 Å². The van der Waals surface area contributed by atoms with Crippen LogP contribution in [0.1, 0.15) is 64.2 Å². The summed E-state index contributed by atoms with van der Waals surface area (Å²) in [6.45, 7) is 8.57. The molecule has 0 atom stereocenters. The van der Waals surface area contributed by atoms with Crippen molar-refractivity contribution in [3.8, 4) is 0 Å². The summed E-state index contributed by atoms with van der Waals surface area (Å²) in [7, 11) is 0. The van der Waals surface area contributed by atoms with Crippen molar-refractivity contribution in [1.82, 2.24) is 4.90 Å². The minimum atomic E-state index is 0.518. The maximum absolute atomic E-state index is 6.00. The Hall–Kier alpha value is -0.120. The van der Waals surface area contributed by atoms with E-state index in [2.05, 4.69) is 11.8 Å². The zero-order chi connectivity index (χ0) is 14.8. The van der Waals surface area contributed by atoms with Gasteiger partial charge >= 0.3 is 0 Å². The SMILES string of the molecule is [CH2]CN(CCOC1CCCCC1)CCOC1CCCCC1. The smallest absolute Gasteiger partial charge is 0.0597 e. The molecule has 2 aliphatic rings. The second-order valence-electron chi connectivity index (χ2n) is 6.60. The number of hydrogen-bond donors (Lipinski definition) is 0. The summed E-state index contributed by atoms with van der Waals surface area (Å²) in [5.74, 6) is 0. The Kier molecular flexibility index (Phi) is 8.68. The lowest BCUT2D eigenvalue weighted by Crippen LogP contribution is -2.33. The molecule has 0 aromatic heterocycles. The molecule has 2 saturated carbocycles. The average Bonchev–Trinajstić information content (AvgIpc) is 2.55. The van der Waals surface area contributed by atoms with E-state index in [0.717, 1.165) is 32.8 Å². The topological polar surface area (TPSA) is 21.7 Å². The van der Waals surface area contributed by atoms with Crippen LogP contribution in [0, 0.1) is 6.92 Å². The first kappa shape index (κ1) is 17.2. The van der Waals surface area contributed by atoms with E-state index in [1.165, 1.54) is 64.2 Å². The van der Waals surface area contributed by atoms with Crippen molar-refractivity contribution in [2.24, 2.45) is 0 Å². The third-order valence-corrected chi connectivity index (χ3v) is 4.94. The van der Waals surface area contributed by atoms with E-state index in [0.29, 0.717) is 12.2 Å². The maximum atomic E-state index is 6.00. The van der Waals surface area contributed by atoms with Crippen LogP contribution in [-0.4, -0.2) is 50.0 Å². The normalized spacial score (nSPS) is 22.0. The number of ether oxygens (including phenoxy) is 2. The maximum Gasteiger partial charge on any atom is 0.0597 e. The van der Waals surface area contributed by atoms with Crippen LogP contribution in [-0.2, 0) is 9.47 Å². The largest absolute Gasteiger partial charge is 0.377 e. The predicted octanol–water partition coefficient (Wildman–Crippen LogP) is 3.82. The molecule has 3 heteroatoms. The zero-order valence-electron chi connectivity index (χ0n) is 13.7. The molecule has 21 heavy (non-hydrogen) atoms. The van der Waals surface area contributed by atoms with Crippen LogP contribution in [0.5, 0.6) is 0 Å². The van der Waals surface area contributed by atoms with Crippen LogP contribution in [0.3, 0.4) is 0 Å². The van der Waals surface area contributed by atoms with E-state index in [1.54, 1.807) is 0 Å². The Balaban J connectivity index is 1.50. The fourth-order valence-electron chi connectivity index (χ4n) is 3.50. The molecule has 0 aromatic carbocycles. The molecule has 0 aromatic rings. The fourth-order valence-corrected chi connectivity index (χ4v) is 3.50. The molecule has 0 unspecified atom stereocenters. The molecule has 0 N–H and O–H groups in total. The first-order valence-corrected chi connectivity index (χ1v) is 9.13. The van der Waals surface area contributed by atoms with Crippen LogP contribution >= 0.6 is 0 Å². The molecule has 0 bridgehead atoms. The van der Waals surface area contributed by atoms with Crippen LogP contribution in [0.15, 0.2) is 0 Å². The summed E-state index contributed by atoms with van der Waals surface area (Å²) in [4.78, 5) is 2.35. The van der Waals surface area contributed by atoms with Gasteiger partial charge in [-0.2, -0.15) is 0 Å². The molecule has 2 rings (SSSR count). The Bertz CT molecular complexity index is 224. The molecule has 3 nitrogen and oxygen atoms in total. The standard InChI is InChI=1S/C18H34NO2/c1-2-19(13-15-20-17-9-5-3-6-10-17)14-16-21-18-11-7-4-8-12-18/h17-18H,1-16H2. The Morgan fingerprint density at radius 1 is 0.714 bits per heavy atom. The molecule has 2 fully saturated rings. The van der Waals surface area contributed by atoms with Gasteiger partial charge in [0.05, 0.1) is 25.4 Å². The summed E-state index contributed by atoms with van der Waals surface area (Å²) < 4.78 is 12.0. The molecular weight excluding hydrogens is 262 g/mol. The van der Waals surface area contributed by atoms with Crippen molar-refractivity contribution >= 4 is 0 Å². The van der Waals surface area contributed by atoms with Crippen molar-refractivity contribution in [2.75, 3.05) is 32.8 Å². The van der Waals surface area contributed by atoms with Crippen molar-refractivity contribution in [3.63, 3.8) is 0 Å². The first-order chi connectivity index (χ1) is 10.4. The van der Waals surface area contributed by atoms with Gasteiger partial charge in [-0.3, -0.25) is 4.90 Å². The lowest BCUT2D eigenvalue weighted by Gasteiger charge is -2.26. The van der Waals surface area contributed by atoms with E-state index in [4.69, 9.17) is 9.47 Å². The third-order valence-electron chi connectivity index (χ3n) is 4.94. The molecule has 2 aliphatic carbocycles. The van der Waals surface area contributed by atoms with Gasteiger partial charge in [-0.05, 0) is 39.2 Å². The molecule has 0 saturated heterocycles. The fraction of sp³-hybridized carbons (Fsp3) is 0.944. The monoisotopic (exact) mass is 296 g/mol. The summed E-state index contributed by atoms with van der Waals surface area (Å²) in [5, 5.41) is 0. The van der Waals surface area contributed by atoms with Crippen LogP contribution in [0.25, 0.3) is 0 Å². The Morgan fingerprint density at radius 2 is 1.14 bits per heavy atom. The van der Waals surface area contributed by atoms with Gasteiger partial charge < -0.3 is 9.47 Å². The molecule has 1 radical (unpaired) electrons. The molecular formula is C18H34NO2. The molecule has 123 valence electrons. The van der Waals surface area contributed by atoms with Crippen LogP contribution < -0.4 is 0 Å². The average molecular weight is 296 g/mol. The van der Waals surface area contributed by atoms with Gasteiger partial charge in [0.15, 0.2) is 0 Å².